The summed E-state index contributed by atoms with van der Waals surface area (Å²) in [7, 11) is 0. The van der Waals surface area contributed by atoms with Gasteiger partial charge in [-0.05, 0) is 73.3 Å². The maximum atomic E-state index is 11.9. The number of ether oxygens (including phenoxy) is 1. The van der Waals surface area contributed by atoms with E-state index in [0.29, 0.717) is 23.9 Å². The minimum absolute atomic E-state index is 0.0300. The van der Waals surface area contributed by atoms with Crippen LogP contribution in [0.3, 0.4) is 0 Å². The predicted octanol–water partition coefficient (Wildman–Crippen LogP) is 5.16. The largest absolute Gasteiger partial charge is 0.471 e. The van der Waals surface area contributed by atoms with Crippen LogP contribution in [0.1, 0.15) is 82.5 Å². The first kappa shape index (κ1) is 26.9. The second-order valence-electron chi connectivity index (χ2n) is 11.8. The Labute approximate surface area is 220 Å². The summed E-state index contributed by atoms with van der Waals surface area (Å²) in [6.45, 7) is 8.51. The molecule has 0 radical (unpaired) electrons. The number of carbonyl (C=O) groups is 1. The zero-order valence-corrected chi connectivity index (χ0v) is 22.7. The summed E-state index contributed by atoms with van der Waals surface area (Å²) in [5, 5.41) is 18.4. The predicted molar refractivity (Wildman–Crippen MR) is 143 cm³/mol. The Hall–Kier alpha value is -2.15. The normalized spacial score (nSPS) is 20.4. The summed E-state index contributed by atoms with van der Waals surface area (Å²) < 4.78 is 6.51. The Balaban J connectivity index is 1.51. The number of hydrogen-bond donors (Lipinski definition) is 3. The Kier molecular flexibility index (Phi) is 8.28. The molecule has 0 bridgehead atoms. The topological polar surface area (TPSA) is 83.5 Å². The number of fused-ring (bicyclic) bond motifs is 1. The molecule has 1 amide bonds. The first-order valence-corrected chi connectivity index (χ1v) is 13.5. The van der Waals surface area contributed by atoms with Crippen LogP contribution in [0.15, 0.2) is 36.5 Å². The van der Waals surface area contributed by atoms with Crippen LogP contribution in [0.25, 0.3) is 0 Å². The number of pyridine rings is 1. The molecule has 1 fully saturated rings. The van der Waals surface area contributed by atoms with Crippen LogP contribution in [0.5, 0.6) is 5.88 Å². The third kappa shape index (κ3) is 6.99. The number of rotatable bonds is 8. The van der Waals surface area contributed by atoms with Crippen LogP contribution in [0, 0.1) is 5.41 Å². The zero-order valence-electron chi connectivity index (χ0n) is 21.9. The third-order valence-corrected chi connectivity index (χ3v) is 7.50. The number of carbonyl (C=O) groups excluding carboxylic acids is 1. The van der Waals surface area contributed by atoms with Crippen LogP contribution < -0.4 is 15.4 Å². The highest BCUT2D eigenvalue weighted by molar-refractivity contribution is 6.30. The summed E-state index contributed by atoms with van der Waals surface area (Å²) in [4.78, 5) is 16.6. The Bertz CT molecular complexity index is 1040. The van der Waals surface area contributed by atoms with Gasteiger partial charge in [-0.2, -0.15) is 0 Å². The molecule has 0 saturated heterocycles. The van der Waals surface area contributed by atoms with Crippen molar-refractivity contribution >= 4 is 17.5 Å². The Morgan fingerprint density at radius 3 is 2.56 bits per heavy atom. The maximum absolute atomic E-state index is 11.9. The third-order valence-electron chi connectivity index (χ3n) is 7.24. The summed E-state index contributed by atoms with van der Waals surface area (Å²) in [6.07, 6.45) is 7.88. The van der Waals surface area contributed by atoms with E-state index >= 15 is 0 Å². The number of aromatic nitrogens is 1. The van der Waals surface area contributed by atoms with E-state index in [4.69, 9.17) is 21.3 Å². The van der Waals surface area contributed by atoms with Gasteiger partial charge in [0.05, 0.1) is 12.1 Å². The van der Waals surface area contributed by atoms with Crippen LogP contribution in [0.4, 0.5) is 0 Å². The molecule has 6 nitrogen and oxygen atoms in total. The zero-order chi connectivity index (χ0) is 25.9. The van der Waals surface area contributed by atoms with Crippen molar-refractivity contribution in [1.29, 1.82) is 0 Å². The molecule has 2 aromatic rings. The highest BCUT2D eigenvalue weighted by Gasteiger charge is 2.44. The van der Waals surface area contributed by atoms with Crippen molar-refractivity contribution < 1.29 is 14.6 Å². The van der Waals surface area contributed by atoms with Crippen LogP contribution in [-0.4, -0.2) is 40.3 Å². The maximum Gasteiger partial charge on any atom is 0.218 e. The van der Waals surface area contributed by atoms with Gasteiger partial charge in [0.25, 0.3) is 0 Å². The summed E-state index contributed by atoms with van der Waals surface area (Å²) >= 11 is 6.03. The van der Waals surface area contributed by atoms with E-state index in [1.165, 1.54) is 25.3 Å². The van der Waals surface area contributed by atoms with Gasteiger partial charge in [0.2, 0.25) is 11.8 Å². The molecule has 1 spiro atoms. The number of nitrogens with zero attached hydrogens (tertiary/aromatic N) is 1. The molecule has 3 atom stereocenters. The molecule has 1 aromatic carbocycles. The van der Waals surface area contributed by atoms with E-state index in [0.717, 1.165) is 36.8 Å². The SMILES string of the molecule is CC(=O)N[C@@H](Cc1ccc(Cl)cc1)[C@@H](O)CN[C@H]1CC2(CCCC2)Oc2ncc(CC(C)(C)C)cc21. The minimum atomic E-state index is -0.763. The lowest BCUT2D eigenvalue weighted by atomic mass is 9.84. The molecular formula is C29H40ClN3O3. The van der Waals surface area contributed by atoms with E-state index in [1.54, 1.807) is 0 Å². The van der Waals surface area contributed by atoms with Gasteiger partial charge < -0.3 is 20.5 Å². The average molecular weight is 514 g/mol. The van der Waals surface area contributed by atoms with E-state index in [-0.39, 0.29) is 23.0 Å². The Morgan fingerprint density at radius 2 is 1.92 bits per heavy atom. The lowest BCUT2D eigenvalue weighted by Gasteiger charge is -2.40. The van der Waals surface area contributed by atoms with E-state index in [2.05, 4.69) is 37.5 Å². The first-order valence-electron chi connectivity index (χ1n) is 13.1. The van der Waals surface area contributed by atoms with E-state index < -0.39 is 12.1 Å². The molecule has 1 saturated carbocycles. The number of benzene rings is 1. The van der Waals surface area contributed by atoms with Gasteiger partial charge in [0, 0.05) is 42.7 Å². The summed E-state index contributed by atoms with van der Waals surface area (Å²) in [5.41, 5.74) is 3.24. The van der Waals surface area contributed by atoms with Gasteiger partial charge in [0.15, 0.2) is 0 Å². The molecule has 0 unspecified atom stereocenters. The summed E-state index contributed by atoms with van der Waals surface area (Å²) in [5.74, 6) is 0.553. The van der Waals surface area contributed by atoms with Crippen molar-refractivity contribution in [1.82, 2.24) is 15.6 Å². The van der Waals surface area contributed by atoms with Gasteiger partial charge in [-0.25, -0.2) is 4.98 Å². The first-order chi connectivity index (χ1) is 17.0. The molecule has 3 N–H and O–H groups in total. The van der Waals surface area contributed by atoms with Gasteiger partial charge in [-0.3, -0.25) is 4.79 Å². The molecule has 2 heterocycles. The molecule has 4 rings (SSSR count). The van der Waals surface area contributed by atoms with Crippen molar-refractivity contribution in [3.05, 3.63) is 58.2 Å². The fourth-order valence-corrected chi connectivity index (χ4v) is 5.75. The van der Waals surface area contributed by atoms with Crippen molar-refractivity contribution in [2.24, 2.45) is 5.41 Å². The van der Waals surface area contributed by atoms with Gasteiger partial charge in [-0.15, -0.1) is 0 Å². The molecule has 36 heavy (non-hydrogen) atoms. The number of nitrogens with one attached hydrogen (secondary N) is 2. The number of aliphatic hydroxyl groups is 1. The highest BCUT2D eigenvalue weighted by atomic mass is 35.5. The number of halogens is 1. The molecule has 2 aliphatic rings. The average Bonchev–Trinajstić information content (AvgIpc) is 3.24. The van der Waals surface area contributed by atoms with Crippen LogP contribution in [0.2, 0.25) is 5.02 Å². The number of amides is 1. The molecule has 1 aliphatic carbocycles. The van der Waals surface area contributed by atoms with Crippen LogP contribution >= 0.6 is 11.6 Å². The molecule has 1 aromatic heterocycles. The summed E-state index contributed by atoms with van der Waals surface area (Å²) in [6, 6.07) is 9.35. The fourth-order valence-electron chi connectivity index (χ4n) is 5.62. The monoisotopic (exact) mass is 513 g/mol. The highest BCUT2D eigenvalue weighted by Crippen LogP contribution is 2.46. The standard InChI is InChI=1S/C29H40ClN3O3/c1-19(34)33-24(14-20-7-9-22(30)10-8-20)26(35)18-31-25-16-29(11-5-6-12-29)36-27-23(25)13-21(17-32-27)15-28(2,3)4/h7-10,13,17,24-26,31,35H,5-6,11-12,14-16,18H2,1-4H3,(H,33,34)/t24-,25-,26-/m0/s1. The van der Waals surface area contributed by atoms with E-state index in [9.17, 15) is 9.90 Å². The quantitative estimate of drug-likeness (QED) is 0.454. The molecular weight excluding hydrogens is 474 g/mol. The van der Waals surface area contributed by atoms with Gasteiger partial charge in [-0.1, -0.05) is 44.5 Å². The van der Waals surface area contributed by atoms with Crippen molar-refractivity contribution in [3.8, 4) is 5.88 Å². The lowest BCUT2D eigenvalue weighted by Crippen LogP contribution is -2.50. The van der Waals surface area contributed by atoms with Gasteiger partial charge >= 0.3 is 0 Å². The van der Waals surface area contributed by atoms with Gasteiger partial charge in [0.1, 0.15) is 5.60 Å². The second-order valence-corrected chi connectivity index (χ2v) is 12.3. The van der Waals surface area contributed by atoms with Crippen molar-refractivity contribution in [3.63, 3.8) is 0 Å². The second kappa shape index (κ2) is 11.1. The van der Waals surface area contributed by atoms with Crippen LogP contribution in [-0.2, 0) is 17.6 Å². The van der Waals surface area contributed by atoms with E-state index in [1.807, 2.05) is 30.5 Å². The van der Waals surface area contributed by atoms with Crippen molar-refractivity contribution in [2.75, 3.05) is 6.54 Å². The number of aliphatic hydroxyl groups excluding tert-OH is 1. The molecule has 7 heteroatoms. The fraction of sp³-hybridized carbons (Fsp3) is 0.586. The lowest BCUT2D eigenvalue weighted by molar-refractivity contribution is -0.120. The smallest absolute Gasteiger partial charge is 0.218 e. The van der Waals surface area contributed by atoms with Crippen molar-refractivity contribution in [2.45, 2.75) is 96.4 Å². The number of hydrogen-bond acceptors (Lipinski definition) is 5. The molecule has 1 aliphatic heterocycles. The molecule has 196 valence electrons. The minimum Gasteiger partial charge on any atom is -0.471 e. The Morgan fingerprint density at radius 1 is 1.22 bits per heavy atom.